The average Bonchev–Trinajstić information content (AvgIpc) is 3.64. The van der Waals surface area contributed by atoms with Gasteiger partial charge in [0.2, 0.25) is 5.95 Å². The van der Waals surface area contributed by atoms with Crippen LogP contribution in [0.15, 0.2) is 42.4 Å². The molecule has 4 N–H and O–H groups in total. The highest BCUT2D eigenvalue weighted by Gasteiger charge is 2.56. The van der Waals surface area contributed by atoms with Crippen LogP contribution in [0.3, 0.4) is 0 Å². The summed E-state index contributed by atoms with van der Waals surface area (Å²) in [6, 6.07) is 8.73. The molecular weight excluding hydrogens is 588 g/mol. The van der Waals surface area contributed by atoms with Crippen LogP contribution in [0.5, 0.6) is 0 Å². The van der Waals surface area contributed by atoms with E-state index in [1.165, 1.54) is 35.6 Å². The zero-order valence-electron chi connectivity index (χ0n) is 23.7. The molecule has 0 spiro atoms. The lowest BCUT2D eigenvalue weighted by Crippen LogP contribution is -2.48. The van der Waals surface area contributed by atoms with Gasteiger partial charge in [-0.15, -0.1) is 5.53 Å². The number of hydrogen-bond acceptors (Lipinski definition) is 9. The second-order valence-electron chi connectivity index (χ2n) is 11.4. The molecule has 0 bridgehead atoms. The first kappa shape index (κ1) is 30.7. The molecule has 1 aliphatic carbocycles. The first-order valence-corrected chi connectivity index (χ1v) is 13.5. The summed E-state index contributed by atoms with van der Waals surface area (Å²) in [4.78, 5) is 8.11. The second kappa shape index (κ2) is 11.1. The van der Waals surface area contributed by atoms with E-state index >= 15 is 0 Å². The number of fused-ring (bicyclic) bond motifs is 1. The van der Waals surface area contributed by atoms with Gasteiger partial charge in [0, 0.05) is 41.3 Å². The van der Waals surface area contributed by atoms with Gasteiger partial charge in [-0.1, -0.05) is 6.07 Å². The van der Waals surface area contributed by atoms with E-state index in [0.717, 1.165) is 19.9 Å². The van der Waals surface area contributed by atoms with Crippen LogP contribution in [0.1, 0.15) is 55.1 Å². The Labute approximate surface area is 248 Å². The van der Waals surface area contributed by atoms with E-state index in [2.05, 4.69) is 31.6 Å². The summed E-state index contributed by atoms with van der Waals surface area (Å²) in [5.41, 5.74) is 3.79. The molecule has 3 aromatic rings. The standard InChI is InChI=1S/C29H27F6N9/c1-15-19(4-5-22(30)40-15)25(21-13-44(43-42-21)28(6-7-28)26(31)32)41-18-8-16(10-36)23-20(9-18)24(17(11-37)12-38-23)39-14-27(2,3)29(33,34)35/h4-5,8-9,12-13,25-26,41-43H,6-7,14H2,1-3H3,(H,38,39)/t25-/m0/s1. The Kier molecular flexibility index (Phi) is 7.72. The topological polar surface area (TPSA) is 125 Å². The van der Waals surface area contributed by atoms with Gasteiger partial charge in [-0.3, -0.25) is 9.99 Å². The van der Waals surface area contributed by atoms with Crippen LogP contribution < -0.4 is 21.6 Å². The monoisotopic (exact) mass is 615 g/mol. The molecule has 1 atom stereocenters. The maximum absolute atomic E-state index is 13.9. The fourth-order valence-corrected chi connectivity index (χ4v) is 4.90. The molecule has 230 valence electrons. The number of aromatic nitrogens is 2. The number of aryl methyl sites for hydroxylation is 1. The van der Waals surface area contributed by atoms with Crippen LogP contribution in [0.2, 0.25) is 0 Å². The molecule has 0 unspecified atom stereocenters. The third-order valence-corrected chi connectivity index (χ3v) is 7.95. The molecule has 9 nitrogen and oxygen atoms in total. The lowest BCUT2D eigenvalue weighted by molar-refractivity contribution is -0.206. The highest BCUT2D eigenvalue weighted by Crippen LogP contribution is 2.47. The quantitative estimate of drug-likeness (QED) is 0.171. The van der Waals surface area contributed by atoms with Gasteiger partial charge in [-0.05, 0) is 51.8 Å². The average molecular weight is 616 g/mol. The number of nitrogens with one attached hydrogen (secondary N) is 4. The van der Waals surface area contributed by atoms with Crippen LogP contribution in [0.4, 0.5) is 37.7 Å². The maximum atomic E-state index is 13.9. The van der Waals surface area contributed by atoms with Gasteiger partial charge in [-0.2, -0.15) is 28.1 Å². The third-order valence-electron chi connectivity index (χ3n) is 7.95. The fourth-order valence-electron chi connectivity index (χ4n) is 4.90. The maximum Gasteiger partial charge on any atom is 0.395 e. The summed E-state index contributed by atoms with van der Waals surface area (Å²) in [6.45, 7) is 3.04. The van der Waals surface area contributed by atoms with Gasteiger partial charge in [0.25, 0.3) is 6.43 Å². The van der Waals surface area contributed by atoms with Crippen molar-refractivity contribution in [2.24, 2.45) is 5.41 Å². The van der Waals surface area contributed by atoms with Crippen molar-refractivity contribution in [2.45, 2.75) is 57.8 Å². The molecule has 5 rings (SSSR count). The van der Waals surface area contributed by atoms with Crippen molar-refractivity contribution in [2.75, 3.05) is 17.2 Å². The predicted molar refractivity (Wildman–Crippen MR) is 149 cm³/mol. The number of nitrogens with zero attached hydrogens (tertiary/aromatic N) is 5. The van der Waals surface area contributed by atoms with E-state index in [4.69, 9.17) is 0 Å². The van der Waals surface area contributed by atoms with Crippen molar-refractivity contribution >= 4 is 22.3 Å². The summed E-state index contributed by atoms with van der Waals surface area (Å²) < 4.78 is 82.4. The Balaban J connectivity index is 1.60. The minimum Gasteiger partial charge on any atom is -0.382 e. The number of alkyl halides is 5. The van der Waals surface area contributed by atoms with Gasteiger partial charge in [-0.25, -0.2) is 13.8 Å². The largest absolute Gasteiger partial charge is 0.395 e. The van der Waals surface area contributed by atoms with E-state index in [-0.39, 0.29) is 46.2 Å². The van der Waals surface area contributed by atoms with Gasteiger partial charge in [0.15, 0.2) is 0 Å². The number of benzene rings is 1. The highest BCUT2D eigenvalue weighted by molar-refractivity contribution is 5.99. The molecular formula is C29H27F6N9. The minimum absolute atomic E-state index is 0.0339. The lowest BCUT2D eigenvalue weighted by atomic mass is 9.92. The Morgan fingerprint density at radius 3 is 2.41 bits per heavy atom. The number of hydrazine groups is 2. The fraction of sp³-hybridized carbons (Fsp3) is 0.379. The molecule has 2 aliphatic rings. The molecule has 0 amide bonds. The zero-order valence-corrected chi connectivity index (χ0v) is 23.7. The number of nitriles is 2. The minimum atomic E-state index is -4.54. The molecule has 1 fully saturated rings. The van der Waals surface area contributed by atoms with Crippen LogP contribution >= 0.6 is 0 Å². The van der Waals surface area contributed by atoms with E-state index < -0.39 is 42.1 Å². The number of halogens is 6. The third kappa shape index (κ3) is 5.51. The van der Waals surface area contributed by atoms with Gasteiger partial charge < -0.3 is 16.1 Å². The highest BCUT2D eigenvalue weighted by atomic mass is 19.4. The van der Waals surface area contributed by atoms with Crippen molar-refractivity contribution < 1.29 is 26.3 Å². The summed E-state index contributed by atoms with van der Waals surface area (Å²) in [5, 5.41) is 27.2. The normalized spacial score (nSPS) is 16.6. The van der Waals surface area contributed by atoms with Crippen molar-refractivity contribution in [3.05, 3.63) is 70.7 Å². The first-order valence-electron chi connectivity index (χ1n) is 13.5. The molecule has 0 saturated heterocycles. The summed E-state index contributed by atoms with van der Waals surface area (Å²) in [6.07, 6.45) is -3.97. The van der Waals surface area contributed by atoms with Crippen molar-refractivity contribution in [1.29, 1.82) is 10.5 Å². The van der Waals surface area contributed by atoms with Crippen LogP contribution in [0, 0.1) is 40.9 Å². The first-order chi connectivity index (χ1) is 20.7. The Bertz CT molecular complexity index is 1720. The van der Waals surface area contributed by atoms with Crippen molar-refractivity contribution in [3.8, 4) is 12.1 Å². The van der Waals surface area contributed by atoms with E-state index in [1.807, 2.05) is 12.1 Å². The lowest BCUT2D eigenvalue weighted by Gasteiger charge is -2.29. The van der Waals surface area contributed by atoms with Crippen molar-refractivity contribution in [3.63, 3.8) is 0 Å². The SMILES string of the molecule is Cc1nc(F)ccc1[C@H](Nc1cc(C#N)c2ncc(C#N)c(NCC(C)(C)C(F)(F)F)c2c1)C1=CN(C2(C(F)F)CC2)NN1. The van der Waals surface area contributed by atoms with E-state index in [1.54, 1.807) is 6.92 Å². The van der Waals surface area contributed by atoms with E-state index in [0.29, 0.717) is 17.0 Å². The summed E-state index contributed by atoms with van der Waals surface area (Å²) >= 11 is 0. The van der Waals surface area contributed by atoms with Gasteiger partial charge >= 0.3 is 6.18 Å². The predicted octanol–water partition coefficient (Wildman–Crippen LogP) is 5.94. The number of anilines is 2. The van der Waals surface area contributed by atoms with Gasteiger partial charge in [0.05, 0.1) is 39.5 Å². The summed E-state index contributed by atoms with van der Waals surface area (Å²) in [5.74, 6) is -0.724. The van der Waals surface area contributed by atoms with Crippen LogP contribution in [0.25, 0.3) is 10.9 Å². The number of rotatable bonds is 9. The molecule has 0 radical (unpaired) electrons. The molecule has 44 heavy (non-hydrogen) atoms. The summed E-state index contributed by atoms with van der Waals surface area (Å²) in [7, 11) is 0. The Morgan fingerprint density at radius 2 is 1.82 bits per heavy atom. The van der Waals surface area contributed by atoms with Gasteiger partial charge in [0.1, 0.15) is 17.7 Å². The molecule has 2 aromatic heterocycles. The Hall–Kier alpha value is -4.76. The smallest absolute Gasteiger partial charge is 0.382 e. The van der Waals surface area contributed by atoms with Crippen LogP contribution in [-0.2, 0) is 0 Å². The molecule has 1 saturated carbocycles. The Morgan fingerprint density at radius 1 is 1.11 bits per heavy atom. The molecule has 1 aliphatic heterocycles. The molecule has 1 aromatic carbocycles. The number of pyridine rings is 2. The molecule has 15 heteroatoms. The second-order valence-corrected chi connectivity index (χ2v) is 11.4. The van der Waals surface area contributed by atoms with Crippen LogP contribution in [-0.4, -0.2) is 39.7 Å². The van der Waals surface area contributed by atoms with Crippen molar-refractivity contribution in [1.82, 2.24) is 25.9 Å². The molecule has 3 heterocycles. The number of hydrogen-bond donors (Lipinski definition) is 4. The van der Waals surface area contributed by atoms with E-state index in [9.17, 15) is 36.9 Å². The zero-order chi connectivity index (χ0) is 32.0.